The molecular formula is C23H19ClN2O4. The fraction of sp³-hybridized carbons (Fsp3) is 0.130. The van der Waals surface area contributed by atoms with Crippen molar-refractivity contribution in [3.05, 3.63) is 82.9 Å². The van der Waals surface area contributed by atoms with Crippen LogP contribution in [-0.4, -0.2) is 17.9 Å². The Hall–Kier alpha value is -3.51. The van der Waals surface area contributed by atoms with E-state index in [0.29, 0.717) is 40.1 Å². The first-order valence-corrected chi connectivity index (χ1v) is 9.76. The van der Waals surface area contributed by atoms with E-state index in [1.807, 2.05) is 18.2 Å². The Bertz CT molecular complexity index is 1120. The Morgan fingerprint density at radius 3 is 2.80 bits per heavy atom. The molecule has 0 saturated carbocycles. The number of hydrogen-bond acceptors (Lipinski definition) is 4. The van der Waals surface area contributed by atoms with E-state index in [1.165, 1.54) is 0 Å². The number of fused-ring (bicyclic) bond motifs is 1. The van der Waals surface area contributed by atoms with Crippen LogP contribution in [0.2, 0.25) is 5.02 Å². The third-order valence-corrected chi connectivity index (χ3v) is 4.79. The van der Waals surface area contributed by atoms with Crippen molar-refractivity contribution >= 4 is 34.8 Å². The zero-order valence-corrected chi connectivity index (χ0v) is 16.9. The minimum atomic E-state index is -0.549. The van der Waals surface area contributed by atoms with E-state index in [0.717, 1.165) is 5.56 Å². The Kier molecular flexibility index (Phi) is 5.59. The predicted octanol–water partition coefficient (Wildman–Crippen LogP) is 4.89. The molecule has 1 heterocycles. The lowest BCUT2D eigenvalue weighted by molar-refractivity contribution is -0.122. The van der Waals surface area contributed by atoms with Gasteiger partial charge in [0, 0.05) is 16.3 Å². The summed E-state index contributed by atoms with van der Waals surface area (Å²) < 4.78 is 11.3. The smallest absolute Gasteiger partial charge is 0.265 e. The van der Waals surface area contributed by atoms with Crippen LogP contribution in [0.15, 0.2) is 66.7 Å². The van der Waals surface area contributed by atoms with Gasteiger partial charge in [-0.25, -0.2) is 0 Å². The van der Waals surface area contributed by atoms with Crippen LogP contribution in [0.3, 0.4) is 0 Å². The van der Waals surface area contributed by atoms with Crippen molar-refractivity contribution in [3.63, 3.8) is 0 Å². The second-order valence-electron chi connectivity index (χ2n) is 6.86. The lowest BCUT2D eigenvalue weighted by atomic mass is 10.1. The summed E-state index contributed by atoms with van der Waals surface area (Å²) in [6.07, 6.45) is -0.549. The van der Waals surface area contributed by atoms with Crippen LogP contribution >= 0.6 is 11.6 Å². The van der Waals surface area contributed by atoms with Gasteiger partial charge in [-0.15, -0.1) is 0 Å². The van der Waals surface area contributed by atoms with Gasteiger partial charge in [0.05, 0.1) is 5.69 Å². The summed E-state index contributed by atoms with van der Waals surface area (Å²) in [5, 5.41) is 6.23. The second kappa shape index (κ2) is 8.47. The van der Waals surface area contributed by atoms with Crippen LogP contribution < -0.4 is 20.1 Å². The zero-order chi connectivity index (χ0) is 21.1. The van der Waals surface area contributed by atoms with Crippen LogP contribution in [-0.2, 0) is 11.4 Å². The summed E-state index contributed by atoms with van der Waals surface area (Å²) >= 11 is 5.99. The lowest BCUT2D eigenvalue weighted by Gasteiger charge is -2.23. The lowest BCUT2D eigenvalue weighted by Crippen LogP contribution is -2.34. The number of carbonyl (C=O) groups is 2. The molecule has 0 fully saturated rings. The molecule has 3 aromatic rings. The second-order valence-corrected chi connectivity index (χ2v) is 7.30. The highest BCUT2D eigenvalue weighted by atomic mass is 35.5. The molecule has 30 heavy (non-hydrogen) atoms. The molecule has 0 radical (unpaired) electrons. The largest absolute Gasteiger partial charge is 0.489 e. The maximum absolute atomic E-state index is 12.7. The molecule has 0 aliphatic carbocycles. The van der Waals surface area contributed by atoms with Crippen molar-refractivity contribution in [1.82, 2.24) is 0 Å². The van der Waals surface area contributed by atoms with Gasteiger partial charge in [-0.3, -0.25) is 9.59 Å². The van der Waals surface area contributed by atoms with Gasteiger partial charge in [-0.05, 0) is 61.0 Å². The van der Waals surface area contributed by atoms with Crippen LogP contribution in [0.1, 0.15) is 22.8 Å². The van der Waals surface area contributed by atoms with Gasteiger partial charge in [0.2, 0.25) is 0 Å². The van der Waals surface area contributed by atoms with Gasteiger partial charge in [0.15, 0.2) is 6.10 Å². The van der Waals surface area contributed by atoms with Crippen molar-refractivity contribution in [3.8, 4) is 11.5 Å². The van der Waals surface area contributed by atoms with E-state index in [-0.39, 0.29) is 11.8 Å². The van der Waals surface area contributed by atoms with E-state index in [9.17, 15) is 9.59 Å². The number of ether oxygens (including phenoxy) is 2. The molecule has 1 atom stereocenters. The minimum Gasteiger partial charge on any atom is -0.489 e. The maximum atomic E-state index is 12.7. The molecule has 2 N–H and O–H groups in total. The van der Waals surface area contributed by atoms with Crippen LogP contribution in [0, 0.1) is 0 Å². The molecular weight excluding hydrogens is 404 g/mol. The Balaban J connectivity index is 1.43. The highest BCUT2D eigenvalue weighted by molar-refractivity contribution is 6.30. The van der Waals surface area contributed by atoms with Gasteiger partial charge >= 0.3 is 0 Å². The maximum Gasteiger partial charge on any atom is 0.265 e. The van der Waals surface area contributed by atoms with E-state index < -0.39 is 6.10 Å². The molecule has 1 aliphatic rings. The molecule has 152 valence electrons. The summed E-state index contributed by atoms with van der Waals surface area (Å²) in [5.41, 5.74) is 2.45. The molecule has 3 aromatic carbocycles. The van der Waals surface area contributed by atoms with Crippen molar-refractivity contribution in [1.29, 1.82) is 0 Å². The predicted molar refractivity (Wildman–Crippen MR) is 115 cm³/mol. The summed E-state index contributed by atoms with van der Waals surface area (Å²) in [6, 6.07) is 19.4. The summed E-state index contributed by atoms with van der Waals surface area (Å²) in [6.45, 7) is 2.02. The fourth-order valence-electron chi connectivity index (χ4n) is 3.01. The third-order valence-electron chi connectivity index (χ3n) is 4.56. The molecule has 4 rings (SSSR count). The topological polar surface area (TPSA) is 76.7 Å². The van der Waals surface area contributed by atoms with Gasteiger partial charge in [-0.2, -0.15) is 0 Å². The molecule has 6 nitrogen and oxygen atoms in total. The molecule has 0 aromatic heterocycles. The van der Waals surface area contributed by atoms with Crippen LogP contribution in [0.25, 0.3) is 0 Å². The van der Waals surface area contributed by atoms with Gasteiger partial charge in [0.25, 0.3) is 11.8 Å². The summed E-state index contributed by atoms with van der Waals surface area (Å²) in [4.78, 5) is 24.5. The Morgan fingerprint density at radius 1 is 1.13 bits per heavy atom. The number of benzene rings is 3. The number of hydrogen-bond donors (Lipinski definition) is 2. The zero-order valence-electron chi connectivity index (χ0n) is 16.1. The fourth-order valence-corrected chi connectivity index (χ4v) is 3.22. The number of rotatable bonds is 5. The van der Waals surface area contributed by atoms with Crippen molar-refractivity contribution < 1.29 is 19.1 Å². The van der Waals surface area contributed by atoms with Crippen molar-refractivity contribution in [2.45, 2.75) is 19.6 Å². The van der Waals surface area contributed by atoms with Gasteiger partial charge in [-0.1, -0.05) is 29.8 Å². The number of anilines is 2. The number of halogens is 1. The number of nitrogens with one attached hydrogen (secondary N) is 2. The molecule has 0 spiro atoms. The summed E-state index contributed by atoms with van der Waals surface area (Å²) in [7, 11) is 0. The first-order chi connectivity index (χ1) is 14.5. The minimum absolute atomic E-state index is 0.226. The van der Waals surface area contributed by atoms with E-state index in [2.05, 4.69) is 10.6 Å². The monoisotopic (exact) mass is 422 g/mol. The Morgan fingerprint density at radius 2 is 1.97 bits per heavy atom. The first kappa shape index (κ1) is 19.8. The first-order valence-electron chi connectivity index (χ1n) is 9.38. The van der Waals surface area contributed by atoms with Gasteiger partial charge < -0.3 is 20.1 Å². The SMILES string of the molecule is CC1Oc2ccc(NC(=O)c3cccc(OCc4cccc(Cl)c4)c3)cc2NC1=O. The molecule has 1 unspecified atom stereocenters. The molecule has 1 aliphatic heterocycles. The molecule has 7 heteroatoms. The number of carbonyl (C=O) groups excluding carboxylic acids is 2. The normalized spacial score (nSPS) is 14.9. The van der Waals surface area contributed by atoms with Gasteiger partial charge in [0.1, 0.15) is 18.1 Å². The Labute approximate surface area is 178 Å². The third kappa shape index (κ3) is 4.55. The van der Waals surface area contributed by atoms with Crippen molar-refractivity contribution in [2.75, 3.05) is 10.6 Å². The van der Waals surface area contributed by atoms with E-state index >= 15 is 0 Å². The molecule has 0 saturated heterocycles. The summed E-state index contributed by atoms with van der Waals surface area (Å²) in [5.74, 6) is 0.620. The van der Waals surface area contributed by atoms with Crippen LogP contribution in [0.4, 0.5) is 11.4 Å². The van der Waals surface area contributed by atoms with E-state index in [4.69, 9.17) is 21.1 Å². The quantitative estimate of drug-likeness (QED) is 0.613. The molecule has 0 bridgehead atoms. The standard InChI is InChI=1S/C23H19ClN2O4/c1-14-22(27)26-20-12-18(8-9-21(20)30-14)25-23(28)16-5-3-7-19(11-16)29-13-15-4-2-6-17(24)10-15/h2-12,14H,13H2,1H3,(H,25,28)(H,26,27). The highest BCUT2D eigenvalue weighted by Gasteiger charge is 2.23. The average Bonchev–Trinajstić information content (AvgIpc) is 2.73. The molecule has 2 amide bonds. The van der Waals surface area contributed by atoms with Crippen molar-refractivity contribution in [2.24, 2.45) is 0 Å². The average molecular weight is 423 g/mol. The van der Waals surface area contributed by atoms with Crippen LogP contribution in [0.5, 0.6) is 11.5 Å². The highest BCUT2D eigenvalue weighted by Crippen LogP contribution is 2.32. The number of amides is 2. The van der Waals surface area contributed by atoms with E-state index in [1.54, 1.807) is 55.5 Å².